The van der Waals surface area contributed by atoms with E-state index in [1.807, 2.05) is 0 Å². The van der Waals surface area contributed by atoms with E-state index in [4.69, 9.17) is 23.4 Å². The first-order valence-electron chi connectivity index (χ1n) is 10.1. The Hall–Kier alpha value is -3.80. The number of rotatable bonds is 11. The van der Waals surface area contributed by atoms with E-state index in [1.54, 1.807) is 24.3 Å². The number of hydrogen-bond donors (Lipinski definition) is 1. The Morgan fingerprint density at radius 2 is 1.59 bits per heavy atom. The summed E-state index contributed by atoms with van der Waals surface area (Å²) in [7, 11) is 2.43. The molecule has 12 heteroatoms. The van der Waals surface area contributed by atoms with Gasteiger partial charge in [0.1, 0.15) is 5.75 Å². The number of sulfone groups is 1. The van der Waals surface area contributed by atoms with Gasteiger partial charge in [-0.2, -0.15) is 0 Å². The van der Waals surface area contributed by atoms with Gasteiger partial charge in [-0.15, -0.1) is 5.10 Å². The number of ether oxygens (including phenoxy) is 4. The Balaban J connectivity index is 1.60. The van der Waals surface area contributed by atoms with Crippen molar-refractivity contribution in [3.63, 3.8) is 0 Å². The molecule has 0 atom stereocenters. The highest BCUT2D eigenvalue weighted by atomic mass is 32.2. The second-order valence-corrected chi connectivity index (χ2v) is 9.08. The molecule has 1 heterocycles. The zero-order valence-corrected chi connectivity index (χ0v) is 20.0. The monoisotopic (exact) mass is 491 g/mol. The highest BCUT2D eigenvalue weighted by molar-refractivity contribution is 7.91. The molecule has 0 aliphatic heterocycles. The van der Waals surface area contributed by atoms with Crippen molar-refractivity contribution in [2.75, 3.05) is 39.5 Å². The van der Waals surface area contributed by atoms with E-state index in [0.29, 0.717) is 28.6 Å². The number of anilines is 1. The number of nitrogens with one attached hydrogen (secondary N) is 1. The van der Waals surface area contributed by atoms with E-state index in [9.17, 15) is 13.2 Å². The minimum Gasteiger partial charge on any atom is -0.497 e. The van der Waals surface area contributed by atoms with Gasteiger partial charge in [-0.3, -0.25) is 10.1 Å². The number of hydrogen-bond acceptors (Lipinski definition) is 10. The van der Waals surface area contributed by atoms with Gasteiger partial charge in [-0.25, -0.2) is 8.42 Å². The van der Waals surface area contributed by atoms with Crippen molar-refractivity contribution in [1.29, 1.82) is 0 Å². The summed E-state index contributed by atoms with van der Waals surface area (Å²) in [5, 5.41) is 10.2. The highest BCUT2D eigenvalue weighted by Gasteiger charge is 2.19. The lowest BCUT2D eigenvalue weighted by atomic mass is 10.2. The van der Waals surface area contributed by atoms with Crippen LogP contribution in [0.25, 0.3) is 11.5 Å². The standard InChI is InChI=1S/C22H25N3O8S/c1-29-15-7-9-16(10-8-15)34(27,28)11-5-6-19(26)23-22-25-24-21(33-22)14-12-17(30-2)20(32-4)18(13-14)31-3/h7-10,12-13H,5-6,11H2,1-4H3,(H,23,25,26). The van der Waals surface area contributed by atoms with Gasteiger partial charge < -0.3 is 23.4 Å². The van der Waals surface area contributed by atoms with Crippen molar-refractivity contribution >= 4 is 21.8 Å². The molecule has 0 unspecified atom stereocenters. The summed E-state index contributed by atoms with van der Waals surface area (Å²) < 4.78 is 51.3. The zero-order valence-electron chi connectivity index (χ0n) is 19.2. The fraction of sp³-hybridized carbons (Fsp3) is 0.318. The first kappa shape index (κ1) is 24.8. The quantitative estimate of drug-likeness (QED) is 0.426. The van der Waals surface area contributed by atoms with Crippen LogP contribution < -0.4 is 24.3 Å². The lowest BCUT2D eigenvalue weighted by Crippen LogP contribution is -2.14. The fourth-order valence-electron chi connectivity index (χ4n) is 3.10. The maximum Gasteiger partial charge on any atom is 0.322 e. The number of methoxy groups -OCH3 is 4. The van der Waals surface area contributed by atoms with Gasteiger partial charge in [0.2, 0.25) is 17.5 Å². The first-order valence-corrected chi connectivity index (χ1v) is 11.8. The minimum atomic E-state index is -3.53. The number of amides is 1. The predicted octanol–water partition coefficient (Wildman–Crippen LogP) is 2.96. The molecule has 1 N–H and O–H groups in total. The molecule has 1 amide bonds. The Kier molecular flexibility index (Phi) is 7.95. The van der Waals surface area contributed by atoms with Crippen LogP contribution in [0.1, 0.15) is 12.8 Å². The van der Waals surface area contributed by atoms with Gasteiger partial charge in [-0.05, 0) is 42.8 Å². The number of aromatic nitrogens is 2. The van der Waals surface area contributed by atoms with Crippen molar-refractivity contribution in [1.82, 2.24) is 10.2 Å². The maximum atomic E-state index is 12.4. The van der Waals surface area contributed by atoms with E-state index >= 15 is 0 Å². The number of benzene rings is 2. The van der Waals surface area contributed by atoms with Crippen LogP contribution in [0.3, 0.4) is 0 Å². The van der Waals surface area contributed by atoms with Crippen LogP contribution in [0.5, 0.6) is 23.0 Å². The Morgan fingerprint density at radius 1 is 0.941 bits per heavy atom. The first-order chi connectivity index (χ1) is 16.3. The third-order valence-corrected chi connectivity index (χ3v) is 6.64. The third-order valence-electron chi connectivity index (χ3n) is 4.82. The maximum absolute atomic E-state index is 12.4. The average molecular weight is 492 g/mol. The van der Waals surface area contributed by atoms with Gasteiger partial charge in [-0.1, -0.05) is 5.10 Å². The van der Waals surface area contributed by atoms with Crippen molar-refractivity contribution < 1.29 is 36.6 Å². The van der Waals surface area contributed by atoms with Crippen LogP contribution in [-0.2, 0) is 14.6 Å². The normalized spacial score (nSPS) is 11.1. The summed E-state index contributed by atoms with van der Waals surface area (Å²) in [5.74, 6) is 1.25. The van der Waals surface area contributed by atoms with Crippen LogP contribution in [-0.4, -0.2) is 58.7 Å². The summed E-state index contributed by atoms with van der Waals surface area (Å²) in [6.45, 7) is 0. The van der Waals surface area contributed by atoms with Gasteiger partial charge >= 0.3 is 6.01 Å². The van der Waals surface area contributed by atoms with Gasteiger partial charge in [0, 0.05) is 12.0 Å². The molecule has 0 bridgehead atoms. The smallest absolute Gasteiger partial charge is 0.322 e. The molecule has 1 aromatic heterocycles. The van der Waals surface area contributed by atoms with Crippen molar-refractivity contribution in [2.45, 2.75) is 17.7 Å². The molecule has 0 aliphatic rings. The molecule has 182 valence electrons. The Bertz CT molecular complexity index is 1210. The molecule has 0 fully saturated rings. The molecular formula is C22H25N3O8S. The van der Waals surface area contributed by atoms with Gasteiger partial charge in [0.25, 0.3) is 0 Å². The minimum absolute atomic E-state index is 0.0444. The molecule has 0 aliphatic carbocycles. The number of carbonyl (C=O) groups is 1. The van der Waals surface area contributed by atoms with Crippen molar-refractivity contribution in [3.8, 4) is 34.5 Å². The van der Waals surface area contributed by atoms with Crippen LogP contribution in [0.2, 0.25) is 0 Å². The fourth-order valence-corrected chi connectivity index (χ4v) is 4.41. The molecule has 0 saturated carbocycles. The molecule has 3 aromatic rings. The van der Waals surface area contributed by atoms with E-state index in [2.05, 4.69) is 15.5 Å². The largest absolute Gasteiger partial charge is 0.497 e. The summed E-state index contributed by atoms with van der Waals surface area (Å²) in [6.07, 6.45) is 0.0747. The molecule has 34 heavy (non-hydrogen) atoms. The molecule has 0 spiro atoms. The molecule has 0 saturated heterocycles. The van der Waals surface area contributed by atoms with E-state index < -0.39 is 15.7 Å². The zero-order chi connectivity index (χ0) is 24.7. The van der Waals surface area contributed by atoms with E-state index in [0.717, 1.165) is 0 Å². The number of carbonyl (C=O) groups excluding carboxylic acids is 1. The second kappa shape index (κ2) is 10.9. The summed E-state index contributed by atoms with van der Waals surface area (Å²) >= 11 is 0. The molecule has 0 radical (unpaired) electrons. The summed E-state index contributed by atoms with van der Waals surface area (Å²) in [6, 6.07) is 9.22. The molecule has 3 rings (SSSR count). The SMILES string of the molecule is COc1ccc(S(=O)(=O)CCCC(=O)Nc2nnc(-c3cc(OC)c(OC)c(OC)c3)o2)cc1. The van der Waals surface area contributed by atoms with Crippen LogP contribution in [0.15, 0.2) is 45.7 Å². The molecule has 11 nitrogen and oxygen atoms in total. The number of nitrogens with zero attached hydrogens (tertiary/aromatic N) is 2. The summed E-state index contributed by atoms with van der Waals surface area (Å²) in [4.78, 5) is 12.4. The lowest BCUT2D eigenvalue weighted by Gasteiger charge is -2.12. The highest BCUT2D eigenvalue weighted by Crippen LogP contribution is 2.41. The third kappa shape index (κ3) is 5.76. The van der Waals surface area contributed by atoms with Crippen LogP contribution in [0.4, 0.5) is 6.01 Å². The Morgan fingerprint density at radius 3 is 2.15 bits per heavy atom. The van der Waals surface area contributed by atoms with Gasteiger partial charge in [0.05, 0.1) is 39.1 Å². The summed E-state index contributed by atoms with van der Waals surface area (Å²) in [5.41, 5.74) is 0.494. The molecule has 2 aromatic carbocycles. The van der Waals surface area contributed by atoms with Crippen LogP contribution >= 0.6 is 0 Å². The molecular weight excluding hydrogens is 466 g/mol. The van der Waals surface area contributed by atoms with E-state index in [1.165, 1.54) is 40.6 Å². The lowest BCUT2D eigenvalue weighted by molar-refractivity contribution is -0.116. The van der Waals surface area contributed by atoms with Crippen molar-refractivity contribution in [2.24, 2.45) is 0 Å². The second-order valence-electron chi connectivity index (χ2n) is 6.97. The van der Waals surface area contributed by atoms with Crippen LogP contribution in [0, 0.1) is 0 Å². The van der Waals surface area contributed by atoms with Crippen molar-refractivity contribution in [3.05, 3.63) is 36.4 Å². The van der Waals surface area contributed by atoms with Gasteiger partial charge in [0.15, 0.2) is 21.3 Å². The topological polar surface area (TPSA) is 139 Å². The Labute approximate surface area is 196 Å². The average Bonchev–Trinajstić information content (AvgIpc) is 3.31. The van der Waals surface area contributed by atoms with E-state index in [-0.39, 0.29) is 35.4 Å². The predicted molar refractivity (Wildman–Crippen MR) is 122 cm³/mol.